The fourth-order valence-electron chi connectivity index (χ4n) is 2.03. The summed E-state index contributed by atoms with van der Waals surface area (Å²) in [5.74, 6) is 0. The summed E-state index contributed by atoms with van der Waals surface area (Å²) in [5.41, 5.74) is -1.56. The Morgan fingerprint density at radius 1 is 1.17 bits per heavy atom. The van der Waals surface area contributed by atoms with E-state index in [-0.39, 0.29) is 12.2 Å². The Morgan fingerprint density at radius 3 is 2.39 bits per heavy atom. The minimum Gasteiger partial charge on any atom is -0.387 e. The molecule has 0 saturated heterocycles. The summed E-state index contributed by atoms with van der Waals surface area (Å²) in [7, 11) is 0. The van der Waals surface area contributed by atoms with E-state index in [0.29, 0.717) is 11.6 Å². The van der Waals surface area contributed by atoms with E-state index in [1.54, 1.807) is 30.3 Å². The van der Waals surface area contributed by atoms with Crippen LogP contribution in [0.3, 0.4) is 0 Å². The largest absolute Gasteiger partial charge is 0.418 e. The molecule has 0 aromatic heterocycles. The second kappa shape index (κ2) is 6.66. The van der Waals surface area contributed by atoms with Crippen molar-refractivity contribution in [2.24, 2.45) is 0 Å². The van der Waals surface area contributed by atoms with E-state index in [1.807, 2.05) is 0 Å². The molecule has 0 radical (unpaired) electrons. The van der Waals surface area contributed by atoms with Crippen molar-refractivity contribution in [3.8, 4) is 0 Å². The molecule has 0 spiro atoms. The van der Waals surface area contributed by atoms with E-state index in [2.05, 4.69) is 5.32 Å². The molecule has 0 fully saturated rings. The van der Waals surface area contributed by atoms with Crippen LogP contribution < -0.4 is 5.32 Å². The zero-order valence-electron chi connectivity index (χ0n) is 11.7. The van der Waals surface area contributed by atoms with Crippen LogP contribution in [0.1, 0.15) is 17.2 Å². The number of nitrogens with one attached hydrogen (secondary N) is 1. The molecule has 2 aromatic carbocycles. The van der Waals surface area contributed by atoms with Gasteiger partial charge in [0.15, 0.2) is 0 Å². The van der Waals surface area contributed by atoms with Crippen molar-refractivity contribution < 1.29 is 23.2 Å². The van der Waals surface area contributed by atoms with E-state index in [1.165, 1.54) is 0 Å². The van der Waals surface area contributed by atoms with Crippen molar-refractivity contribution in [2.75, 3.05) is 11.9 Å². The number of non-ortho nitro benzene ring substituents is 1. The third kappa shape index (κ3) is 4.19. The van der Waals surface area contributed by atoms with Crippen LogP contribution in [-0.4, -0.2) is 16.6 Å². The van der Waals surface area contributed by atoms with Gasteiger partial charge in [0.1, 0.15) is 0 Å². The van der Waals surface area contributed by atoms with Gasteiger partial charge in [-0.05, 0) is 11.6 Å². The van der Waals surface area contributed by atoms with E-state index >= 15 is 0 Å². The molecule has 122 valence electrons. The fourth-order valence-corrected chi connectivity index (χ4v) is 2.03. The molecule has 2 rings (SSSR count). The number of anilines is 1. The highest BCUT2D eigenvalue weighted by Gasteiger charge is 2.35. The molecule has 0 aliphatic heterocycles. The minimum atomic E-state index is -4.74. The number of benzene rings is 2. The monoisotopic (exact) mass is 326 g/mol. The summed E-state index contributed by atoms with van der Waals surface area (Å²) in [6, 6.07) is 10.9. The molecule has 2 N–H and O–H groups in total. The maximum atomic E-state index is 13.0. The van der Waals surface area contributed by atoms with Gasteiger partial charge in [-0.1, -0.05) is 30.3 Å². The van der Waals surface area contributed by atoms with Crippen LogP contribution in [0.25, 0.3) is 0 Å². The second-order valence-corrected chi connectivity index (χ2v) is 4.79. The van der Waals surface area contributed by atoms with Crippen LogP contribution in [0, 0.1) is 10.1 Å². The van der Waals surface area contributed by atoms with Gasteiger partial charge in [-0.15, -0.1) is 0 Å². The van der Waals surface area contributed by atoms with Crippen LogP contribution in [0.15, 0.2) is 48.5 Å². The number of alkyl halides is 3. The van der Waals surface area contributed by atoms with Gasteiger partial charge in [0, 0.05) is 24.4 Å². The van der Waals surface area contributed by atoms with E-state index < -0.39 is 28.5 Å². The number of nitro groups is 1. The first-order chi connectivity index (χ1) is 10.8. The minimum absolute atomic E-state index is 0.162. The zero-order valence-corrected chi connectivity index (χ0v) is 11.7. The maximum Gasteiger partial charge on any atom is 0.418 e. The molecule has 23 heavy (non-hydrogen) atoms. The number of nitrogens with zero attached hydrogens (tertiary/aromatic N) is 1. The highest BCUT2D eigenvalue weighted by Crippen LogP contribution is 2.37. The Labute approximate surface area is 129 Å². The summed E-state index contributed by atoms with van der Waals surface area (Å²) in [6.45, 7) is -0.162. The molecule has 8 heteroatoms. The molecule has 0 saturated carbocycles. The van der Waals surface area contributed by atoms with Crippen molar-refractivity contribution in [2.45, 2.75) is 12.3 Å². The van der Waals surface area contributed by atoms with Gasteiger partial charge in [-0.3, -0.25) is 10.1 Å². The van der Waals surface area contributed by atoms with Gasteiger partial charge in [0.05, 0.1) is 16.6 Å². The first-order valence-electron chi connectivity index (χ1n) is 6.61. The topological polar surface area (TPSA) is 75.4 Å². The standard InChI is InChI=1S/C15H13F3N2O3/c16-15(17,18)12-8-11(20(22)23)6-7-13(12)19-9-14(21)10-4-2-1-3-5-10/h1-8,14,19,21H,9H2/t14-/m1/s1. The smallest absolute Gasteiger partial charge is 0.387 e. The van der Waals surface area contributed by atoms with Crippen LogP contribution in [-0.2, 0) is 6.18 Å². The molecule has 0 heterocycles. The molecular weight excluding hydrogens is 313 g/mol. The number of rotatable bonds is 5. The first kappa shape index (κ1) is 16.8. The van der Waals surface area contributed by atoms with Gasteiger partial charge in [-0.2, -0.15) is 13.2 Å². The highest BCUT2D eigenvalue weighted by molar-refractivity contribution is 5.57. The lowest BCUT2D eigenvalue weighted by Gasteiger charge is -2.17. The number of hydrogen-bond donors (Lipinski definition) is 2. The number of aliphatic hydroxyl groups excluding tert-OH is 1. The highest BCUT2D eigenvalue weighted by atomic mass is 19.4. The van der Waals surface area contributed by atoms with Gasteiger partial charge in [0.25, 0.3) is 5.69 Å². The lowest BCUT2D eigenvalue weighted by molar-refractivity contribution is -0.385. The van der Waals surface area contributed by atoms with Gasteiger partial charge < -0.3 is 10.4 Å². The normalized spacial score (nSPS) is 12.7. The average molecular weight is 326 g/mol. The zero-order chi connectivity index (χ0) is 17.0. The summed E-state index contributed by atoms with van der Waals surface area (Å²) >= 11 is 0. The molecule has 2 aromatic rings. The van der Waals surface area contributed by atoms with E-state index in [0.717, 1.165) is 12.1 Å². The maximum absolute atomic E-state index is 13.0. The fraction of sp³-hybridized carbons (Fsp3) is 0.200. The van der Waals surface area contributed by atoms with Crippen molar-refractivity contribution in [1.29, 1.82) is 0 Å². The van der Waals surface area contributed by atoms with E-state index in [4.69, 9.17) is 0 Å². The summed E-state index contributed by atoms with van der Waals surface area (Å²) in [4.78, 5) is 9.73. The number of hydrogen-bond acceptors (Lipinski definition) is 4. The lowest BCUT2D eigenvalue weighted by Crippen LogP contribution is -2.16. The van der Waals surface area contributed by atoms with Crippen LogP contribution in [0.5, 0.6) is 0 Å². The molecule has 5 nitrogen and oxygen atoms in total. The van der Waals surface area contributed by atoms with Gasteiger partial charge >= 0.3 is 6.18 Å². The molecule has 0 aliphatic rings. The molecule has 0 amide bonds. The predicted molar refractivity (Wildman–Crippen MR) is 78.0 cm³/mol. The number of nitro benzene ring substituents is 1. The average Bonchev–Trinajstić information content (AvgIpc) is 2.52. The Kier molecular flexibility index (Phi) is 4.85. The molecule has 0 unspecified atom stereocenters. The number of halogens is 3. The van der Waals surface area contributed by atoms with E-state index in [9.17, 15) is 28.4 Å². The second-order valence-electron chi connectivity index (χ2n) is 4.79. The summed E-state index contributed by atoms with van der Waals surface area (Å²) in [5, 5.41) is 23.1. The Bertz CT molecular complexity index is 690. The van der Waals surface area contributed by atoms with Gasteiger partial charge in [-0.25, -0.2) is 0 Å². The molecule has 0 bridgehead atoms. The SMILES string of the molecule is O=[N+]([O-])c1ccc(NC[C@@H](O)c2ccccc2)c(C(F)(F)F)c1. The quantitative estimate of drug-likeness (QED) is 0.648. The third-order valence-electron chi connectivity index (χ3n) is 3.19. The van der Waals surface area contributed by atoms with Crippen LogP contribution >= 0.6 is 0 Å². The molecular formula is C15H13F3N2O3. The molecule has 0 aliphatic carbocycles. The Balaban J connectivity index is 2.21. The van der Waals surface area contributed by atoms with Crippen molar-refractivity contribution >= 4 is 11.4 Å². The summed E-state index contributed by atoms with van der Waals surface area (Å²) in [6.07, 6.45) is -5.75. The lowest BCUT2D eigenvalue weighted by atomic mass is 10.1. The van der Waals surface area contributed by atoms with Crippen molar-refractivity contribution in [1.82, 2.24) is 0 Å². The predicted octanol–water partition coefficient (Wildman–Crippen LogP) is 3.76. The summed E-state index contributed by atoms with van der Waals surface area (Å²) < 4.78 is 39.0. The first-order valence-corrected chi connectivity index (χ1v) is 6.61. The molecule has 1 atom stereocenters. The van der Waals surface area contributed by atoms with Crippen molar-refractivity contribution in [3.63, 3.8) is 0 Å². The van der Waals surface area contributed by atoms with Crippen molar-refractivity contribution in [3.05, 3.63) is 69.8 Å². The third-order valence-corrected chi connectivity index (χ3v) is 3.19. The Morgan fingerprint density at radius 2 is 1.83 bits per heavy atom. The number of aliphatic hydroxyl groups is 1. The van der Waals surface area contributed by atoms with Gasteiger partial charge in [0.2, 0.25) is 0 Å². The van der Waals surface area contributed by atoms with Crippen LogP contribution in [0.4, 0.5) is 24.5 Å². The van der Waals surface area contributed by atoms with Crippen LogP contribution in [0.2, 0.25) is 0 Å². The Hall–Kier alpha value is -2.61.